The number of para-hydroxylation sites is 1. The van der Waals surface area contributed by atoms with Crippen molar-refractivity contribution in [3.63, 3.8) is 0 Å². The van der Waals surface area contributed by atoms with E-state index >= 15 is 0 Å². The molecular formula is C15H15N3O5. The summed E-state index contributed by atoms with van der Waals surface area (Å²) in [4.78, 5) is 28.1. The Hall–Kier alpha value is -2.61. The zero-order valence-corrected chi connectivity index (χ0v) is 12.3. The summed E-state index contributed by atoms with van der Waals surface area (Å²) in [6, 6.07) is 9.37. The maximum atomic E-state index is 12.4. The third-order valence-corrected chi connectivity index (χ3v) is 3.74. The van der Waals surface area contributed by atoms with E-state index in [1.54, 1.807) is 0 Å². The maximum Gasteiger partial charge on any atom is 0.356 e. The van der Waals surface area contributed by atoms with E-state index < -0.39 is 11.4 Å². The zero-order valence-electron chi connectivity index (χ0n) is 12.3. The molecule has 0 spiro atoms. The van der Waals surface area contributed by atoms with Crippen LogP contribution in [0.15, 0.2) is 39.9 Å². The van der Waals surface area contributed by atoms with E-state index in [0.29, 0.717) is 13.2 Å². The van der Waals surface area contributed by atoms with Crippen LogP contribution in [0.1, 0.15) is 0 Å². The van der Waals surface area contributed by atoms with Gasteiger partial charge in [-0.2, -0.15) is 0 Å². The largest absolute Gasteiger partial charge is 0.490 e. The van der Waals surface area contributed by atoms with Gasteiger partial charge in [0.2, 0.25) is 0 Å². The summed E-state index contributed by atoms with van der Waals surface area (Å²) >= 11 is 0. The molecule has 2 aromatic rings. The number of hydrogen-bond acceptors (Lipinski definition) is 6. The van der Waals surface area contributed by atoms with E-state index in [2.05, 4.69) is 4.98 Å². The van der Waals surface area contributed by atoms with Crippen molar-refractivity contribution >= 4 is 0 Å². The third kappa shape index (κ3) is 2.85. The summed E-state index contributed by atoms with van der Waals surface area (Å²) in [6.45, 7) is 1.38. The lowest BCUT2D eigenvalue weighted by Gasteiger charge is -2.10. The van der Waals surface area contributed by atoms with Gasteiger partial charge in [0.05, 0.1) is 25.8 Å². The van der Waals surface area contributed by atoms with Gasteiger partial charge in [-0.3, -0.25) is 0 Å². The molecule has 2 aliphatic rings. The molecule has 1 saturated heterocycles. The predicted molar refractivity (Wildman–Crippen MR) is 78.9 cm³/mol. The van der Waals surface area contributed by atoms with Crippen molar-refractivity contribution in [3.8, 4) is 11.8 Å². The fraction of sp³-hybridized carbons (Fsp3) is 0.400. The van der Waals surface area contributed by atoms with Crippen LogP contribution >= 0.6 is 0 Å². The molecule has 0 N–H and O–H groups in total. The predicted octanol–water partition coefficient (Wildman–Crippen LogP) is -0.356. The third-order valence-electron chi connectivity index (χ3n) is 3.74. The molecule has 0 radical (unpaired) electrons. The highest BCUT2D eigenvalue weighted by molar-refractivity contribution is 5.21. The molecule has 1 aromatic heterocycles. The first-order valence-electron chi connectivity index (χ1n) is 7.38. The topological polar surface area (TPSA) is 87.9 Å². The Balaban J connectivity index is 1.49. The van der Waals surface area contributed by atoms with Crippen molar-refractivity contribution in [2.45, 2.75) is 25.3 Å². The van der Waals surface area contributed by atoms with Crippen LogP contribution in [0.3, 0.4) is 0 Å². The van der Waals surface area contributed by atoms with E-state index in [4.69, 9.17) is 14.2 Å². The first kappa shape index (κ1) is 14.0. The summed E-state index contributed by atoms with van der Waals surface area (Å²) < 4.78 is 18.7. The van der Waals surface area contributed by atoms with Crippen LogP contribution < -0.4 is 20.9 Å². The molecule has 8 heteroatoms. The highest BCUT2D eigenvalue weighted by Crippen LogP contribution is 2.17. The molecule has 23 heavy (non-hydrogen) atoms. The van der Waals surface area contributed by atoms with Crippen LogP contribution in [0.5, 0.6) is 11.8 Å². The molecule has 0 bridgehead atoms. The van der Waals surface area contributed by atoms with Crippen molar-refractivity contribution in [3.05, 3.63) is 51.3 Å². The van der Waals surface area contributed by atoms with Crippen molar-refractivity contribution in [2.75, 3.05) is 13.2 Å². The fourth-order valence-corrected chi connectivity index (χ4v) is 2.47. The summed E-state index contributed by atoms with van der Waals surface area (Å²) in [6.07, 6.45) is -0.428. The monoisotopic (exact) mass is 317 g/mol. The minimum Gasteiger partial charge on any atom is -0.490 e. The van der Waals surface area contributed by atoms with Gasteiger partial charge in [0.25, 0.3) is 0 Å². The second-order valence-electron chi connectivity index (χ2n) is 5.50. The van der Waals surface area contributed by atoms with E-state index in [0.717, 1.165) is 10.3 Å². The average molecular weight is 317 g/mol. The summed E-state index contributed by atoms with van der Waals surface area (Å²) in [7, 11) is 0. The van der Waals surface area contributed by atoms with Crippen LogP contribution in [0.4, 0.5) is 0 Å². The minimum atomic E-state index is -0.610. The van der Waals surface area contributed by atoms with Gasteiger partial charge < -0.3 is 14.2 Å². The average Bonchev–Trinajstić information content (AvgIpc) is 3.29. The van der Waals surface area contributed by atoms with Crippen molar-refractivity contribution < 1.29 is 14.2 Å². The van der Waals surface area contributed by atoms with Gasteiger partial charge >= 0.3 is 17.4 Å². The summed E-state index contributed by atoms with van der Waals surface area (Å²) in [5.41, 5.74) is -1.03. The van der Waals surface area contributed by atoms with E-state index in [9.17, 15) is 9.59 Å². The molecule has 120 valence electrons. The molecule has 0 saturated carbocycles. The minimum absolute atomic E-state index is 0.0506. The number of nitrogens with zero attached hydrogens (tertiary/aromatic N) is 3. The lowest BCUT2D eigenvalue weighted by atomic mass is 10.3. The molecule has 1 fully saturated rings. The number of rotatable bonds is 5. The Morgan fingerprint density at radius 1 is 1.22 bits per heavy atom. The number of fused-ring (bicyclic) bond motifs is 1. The van der Waals surface area contributed by atoms with Gasteiger partial charge in [0, 0.05) is 0 Å². The highest BCUT2D eigenvalue weighted by Gasteiger charge is 2.30. The number of epoxide rings is 1. The lowest BCUT2D eigenvalue weighted by molar-refractivity contribution is 0.143. The molecule has 2 unspecified atom stereocenters. The number of hydrogen-bond donors (Lipinski definition) is 0. The smallest absolute Gasteiger partial charge is 0.356 e. The van der Waals surface area contributed by atoms with E-state index in [1.165, 1.54) is 4.57 Å². The van der Waals surface area contributed by atoms with Crippen molar-refractivity contribution in [2.24, 2.45) is 0 Å². The Bertz CT molecular complexity index is 825. The molecule has 4 rings (SSSR count). The van der Waals surface area contributed by atoms with E-state index in [-0.39, 0.29) is 31.4 Å². The van der Waals surface area contributed by atoms with Crippen LogP contribution in [0.25, 0.3) is 0 Å². The molecule has 2 atom stereocenters. The van der Waals surface area contributed by atoms with Gasteiger partial charge in [-0.15, -0.1) is 4.98 Å². The normalized spacial score (nSPS) is 21.6. The molecule has 1 aromatic carbocycles. The van der Waals surface area contributed by atoms with Crippen LogP contribution in [-0.2, 0) is 17.8 Å². The molecule has 0 aliphatic carbocycles. The second kappa shape index (κ2) is 5.54. The Morgan fingerprint density at radius 2 is 2.00 bits per heavy atom. The SMILES string of the molecule is O=c1nc2n(c(=O)n1CC1CO1)CC(COc1ccccc1)O2. The molecule has 8 nitrogen and oxygen atoms in total. The van der Waals surface area contributed by atoms with Gasteiger partial charge in [0.1, 0.15) is 12.4 Å². The van der Waals surface area contributed by atoms with Crippen molar-refractivity contribution in [1.82, 2.24) is 14.1 Å². The van der Waals surface area contributed by atoms with Gasteiger partial charge in [-0.05, 0) is 12.1 Å². The zero-order chi connectivity index (χ0) is 15.8. The number of benzene rings is 1. The molecule has 2 aliphatic heterocycles. The number of aromatic nitrogens is 3. The van der Waals surface area contributed by atoms with Crippen LogP contribution in [-0.4, -0.2) is 39.5 Å². The Labute approximate surface area is 130 Å². The van der Waals surface area contributed by atoms with Gasteiger partial charge in [0.15, 0.2) is 6.10 Å². The molecule has 0 amide bonds. The Kier molecular flexibility index (Phi) is 3.38. The maximum absolute atomic E-state index is 12.4. The quantitative estimate of drug-likeness (QED) is 0.700. The van der Waals surface area contributed by atoms with Gasteiger partial charge in [-0.1, -0.05) is 18.2 Å². The highest BCUT2D eigenvalue weighted by atomic mass is 16.6. The molecule has 3 heterocycles. The second-order valence-corrected chi connectivity index (χ2v) is 5.50. The Morgan fingerprint density at radius 3 is 2.74 bits per heavy atom. The van der Waals surface area contributed by atoms with Gasteiger partial charge in [-0.25, -0.2) is 18.7 Å². The van der Waals surface area contributed by atoms with E-state index in [1.807, 2.05) is 30.3 Å². The standard InChI is InChI=1S/C15H15N3O5/c19-13-16-14-18(15(20)17(13)6-11-8-22-11)7-12(23-14)9-21-10-4-2-1-3-5-10/h1-5,11-12H,6-9H2. The summed E-state index contributed by atoms with van der Waals surface area (Å²) in [5.74, 6) is 0.720. The summed E-state index contributed by atoms with van der Waals surface area (Å²) in [5, 5.41) is 0. The van der Waals surface area contributed by atoms with Crippen LogP contribution in [0, 0.1) is 0 Å². The molecular weight excluding hydrogens is 302 g/mol. The lowest BCUT2D eigenvalue weighted by Crippen LogP contribution is -2.41. The first-order valence-corrected chi connectivity index (χ1v) is 7.38. The fourth-order valence-electron chi connectivity index (χ4n) is 2.47. The number of ether oxygens (including phenoxy) is 3. The first-order chi connectivity index (χ1) is 11.2. The van der Waals surface area contributed by atoms with Crippen LogP contribution in [0.2, 0.25) is 0 Å². The van der Waals surface area contributed by atoms with Crippen molar-refractivity contribution in [1.29, 1.82) is 0 Å².